The van der Waals surface area contributed by atoms with Crippen LogP contribution in [-0.4, -0.2) is 33.4 Å². The molecular weight excluding hydrogens is 274 g/mol. The van der Waals surface area contributed by atoms with E-state index in [-0.39, 0.29) is 0 Å². The van der Waals surface area contributed by atoms with Gasteiger partial charge in [0.2, 0.25) is 5.95 Å². The van der Waals surface area contributed by atoms with Crippen LogP contribution in [0.3, 0.4) is 0 Å². The van der Waals surface area contributed by atoms with Crippen LogP contribution in [0.1, 0.15) is 16.7 Å². The lowest BCUT2D eigenvalue weighted by molar-refractivity contribution is 0.312. The number of nitrogens with one attached hydrogen (secondary N) is 2. The summed E-state index contributed by atoms with van der Waals surface area (Å²) in [4.78, 5) is 14.3. The molecule has 2 aromatic heterocycles. The highest BCUT2D eigenvalue weighted by molar-refractivity contribution is 5.75. The molecule has 0 fully saturated rings. The van der Waals surface area contributed by atoms with Crippen molar-refractivity contribution in [1.29, 1.82) is 0 Å². The van der Waals surface area contributed by atoms with Crippen molar-refractivity contribution in [3.05, 3.63) is 47.3 Å². The van der Waals surface area contributed by atoms with Crippen LogP contribution in [-0.2, 0) is 13.0 Å². The first-order valence-corrected chi connectivity index (χ1v) is 7.57. The topological polar surface area (TPSA) is 56.8 Å². The van der Waals surface area contributed by atoms with Crippen molar-refractivity contribution in [2.75, 3.05) is 18.9 Å². The van der Waals surface area contributed by atoms with Gasteiger partial charge in [0.15, 0.2) is 0 Å². The zero-order valence-corrected chi connectivity index (χ0v) is 12.8. The molecule has 1 aliphatic heterocycles. The first kappa shape index (κ1) is 13.3. The predicted molar refractivity (Wildman–Crippen MR) is 88.4 cm³/mol. The molecule has 0 radical (unpaired) electrons. The van der Waals surface area contributed by atoms with Gasteiger partial charge in [0.25, 0.3) is 0 Å². The molecule has 0 saturated carbocycles. The molecule has 4 rings (SSSR count). The number of benzene rings is 1. The number of aryl methyl sites for hydroxylation is 1. The van der Waals surface area contributed by atoms with E-state index in [4.69, 9.17) is 0 Å². The third-order valence-electron chi connectivity index (χ3n) is 4.31. The minimum absolute atomic E-state index is 0.624. The van der Waals surface area contributed by atoms with Gasteiger partial charge in [0, 0.05) is 36.6 Å². The lowest BCUT2D eigenvalue weighted by Gasteiger charge is -2.27. The van der Waals surface area contributed by atoms with E-state index < -0.39 is 0 Å². The number of anilines is 2. The maximum absolute atomic E-state index is 4.50. The maximum atomic E-state index is 4.50. The number of H-pyrrole nitrogens is 1. The van der Waals surface area contributed by atoms with Crippen LogP contribution in [0.5, 0.6) is 0 Å². The van der Waals surface area contributed by atoms with E-state index in [0.717, 1.165) is 36.2 Å². The summed E-state index contributed by atoms with van der Waals surface area (Å²) >= 11 is 0. The maximum Gasteiger partial charge on any atom is 0.229 e. The van der Waals surface area contributed by atoms with Gasteiger partial charge in [0.1, 0.15) is 5.65 Å². The molecule has 0 spiro atoms. The summed E-state index contributed by atoms with van der Waals surface area (Å²) in [5, 5.41) is 4.35. The summed E-state index contributed by atoms with van der Waals surface area (Å²) in [6.07, 6.45) is 4.84. The van der Waals surface area contributed by atoms with E-state index in [1.54, 1.807) is 0 Å². The molecule has 1 aromatic carbocycles. The molecule has 0 unspecified atom stereocenters. The Morgan fingerprint density at radius 3 is 3.14 bits per heavy atom. The van der Waals surface area contributed by atoms with Gasteiger partial charge < -0.3 is 15.2 Å². The van der Waals surface area contributed by atoms with E-state index >= 15 is 0 Å². The molecule has 0 atom stereocenters. The number of nitrogens with zero attached hydrogens (tertiary/aromatic N) is 3. The summed E-state index contributed by atoms with van der Waals surface area (Å²) in [5.74, 6) is 0.624. The van der Waals surface area contributed by atoms with Gasteiger partial charge in [-0.3, -0.25) is 0 Å². The van der Waals surface area contributed by atoms with Crippen molar-refractivity contribution >= 4 is 22.7 Å². The summed E-state index contributed by atoms with van der Waals surface area (Å²) in [7, 11) is 2.17. The van der Waals surface area contributed by atoms with E-state index in [2.05, 4.69) is 51.3 Å². The minimum atomic E-state index is 0.624. The molecule has 0 amide bonds. The van der Waals surface area contributed by atoms with Gasteiger partial charge in [-0.1, -0.05) is 0 Å². The summed E-state index contributed by atoms with van der Waals surface area (Å²) < 4.78 is 0. The summed E-state index contributed by atoms with van der Waals surface area (Å²) in [6, 6.07) is 6.38. The molecule has 22 heavy (non-hydrogen) atoms. The number of rotatable bonds is 2. The highest BCUT2D eigenvalue weighted by Crippen LogP contribution is 2.27. The van der Waals surface area contributed by atoms with E-state index in [1.807, 2.05) is 18.5 Å². The number of aromatic amines is 1. The van der Waals surface area contributed by atoms with Crippen LogP contribution in [0, 0.1) is 6.92 Å². The monoisotopic (exact) mass is 293 g/mol. The molecule has 2 N–H and O–H groups in total. The normalized spacial score (nSPS) is 15.0. The Balaban J connectivity index is 1.67. The molecule has 5 nitrogen and oxygen atoms in total. The summed E-state index contributed by atoms with van der Waals surface area (Å²) in [6.45, 7) is 4.32. The van der Waals surface area contributed by atoms with Gasteiger partial charge >= 0.3 is 0 Å². The molecule has 3 heterocycles. The van der Waals surface area contributed by atoms with E-state index in [1.165, 1.54) is 16.7 Å². The average molecular weight is 293 g/mol. The van der Waals surface area contributed by atoms with Crippen molar-refractivity contribution in [1.82, 2.24) is 19.9 Å². The Kier molecular flexibility index (Phi) is 3.08. The predicted octanol–water partition coefficient (Wildman–Crippen LogP) is 3.00. The SMILES string of the molecule is Cc1cc(Nc2ncc3cc[nH]c3n2)cc2c1CCN(C)C2. The largest absolute Gasteiger partial charge is 0.346 e. The Labute approximate surface area is 129 Å². The van der Waals surface area contributed by atoms with E-state index in [9.17, 15) is 0 Å². The number of likely N-dealkylation sites (N-methyl/N-ethyl adjacent to an activating group) is 1. The van der Waals surface area contributed by atoms with Gasteiger partial charge in [0.05, 0.1) is 0 Å². The molecule has 0 aliphatic carbocycles. The summed E-state index contributed by atoms with van der Waals surface area (Å²) in [5.41, 5.74) is 6.14. The zero-order valence-electron chi connectivity index (χ0n) is 12.8. The average Bonchev–Trinajstić information content (AvgIpc) is 2.94. The van der Waals surface area contributed by atoms with Crippen LogP contribution in [0.4, 0.5) is 11.6 Å². The highest BCUT2D eigenvalue weighted by atomic mass is 15.1. The molecule has 0 saturated heterocycles. The zero-order chi connectivity index (χ0) is 15.1. The molecular formula is C17H19N5. The quantitative estimate of drug-likeness (QED) is 0.762. The number of fused-ring (bicyclic) bond motifs is 2. The lowest BCUT2D eigenvalue weighted by atomic mass is 9.94. The minimum Gasteiger partial charge on any atom is -0.346 e. The van der Waals surface area contributed by atoms with Gasteiger partial charge in [-0.15, -0.1) is 0 Å². The number of aromatic nitrogens is 3. The smallest absolute Gasteiger partial charge is 0.229 e. The van der Waals surface area contributed by atoms with Crippen LogP contribution in [0.25, 0.3) is 11.0 Å². The molecule has 3 aromatic rings. The van der Waals surface area contributed by atoms with Crippen LogP contribution >= 0.6 is 0 Å². The van der Waals surface area contributed by atoms with Crippen molar-refractivity contribution in [3.63, 3.8) is 0 Å². The van der Waals surface area contributed by atoms with Gasteiger partial charge in [-0.05, 0) is 55.3 Å². The van der Waals surface area contributed by atoms with Crippen molar-refractivity contribution in [2.24, 2.45) is 0 Å². The van der Waals surface area contributed by atoms with Gasteiger partial charge in [-0.25, -0.2) is 4.98 Å². The molecule has 112 valence electrons. The molecule has 1 aliphatic rings. The molecule has 0 bridgehead atoms. The van der Waals surface area contributed by atoms with Crippen molar-refractivity contribution < 1.29 is 0 Å². The fourth-order valence-electron chi connectivity index (χ4n) is 3.16. The van der Waals surface area contributed by atoms with Crippen molar-refractivity contribution in [3.8, 4) is 0 Å². The van der Waals surface area contributed by atoms with Crippen LogP contribution in [0.2, 0.25) is 0 Å². The van der Waals surface area contributed by atoms with Crippen LogP contribution in [0.15, 0.2) is 30.6 Å². The Hall–Kier alpha value is -2.40. The highest BCUT2D eigenvalue weighted by Gasteiger charge is 2.16. The second kappa shape index (κ2) is 5.10. The molecule has 5 heteroatoms. The third kappa shape index (κ3) is 2.33. The second-order valence-electron chi connectivity index (χ2n) is 6.02. The van der Waals surface area contributed by atoms with E-state index in [0.29, 0.717) is 5.95 Å². The van der Waals surface area contributed by atoms with Gasteiger partial charge in [-0.2, -0.15) is 4.98 Å². The number of hydrogen-bond acceptors (Lipinski definition) is 4. The fraction of sp³-hybridized carbons (Fsp3) is 0.294. The first-order chi connectivity index (χ1) is 10.7. The Morgan fingerprint density at radius 2 is 2.23 bits per heavy atom. The van der Waals surface area contributed by atoms with Crippen molar-refractivity contribution in [2.45, 2.75) is 19.9 Å². The standard InChI is InChI=1S/C17H19N5/c1-11-7-14(8-13-10-22(2)6-4-15(11)13)20-17-19-9-12-3-5-18-16(12)21-17/h3,5,7-9H,4,6,10H2,1-2H3,(H2,18,19,20,21). The third-order valence-corrected chi connectivity index (χ3v) is 4.31. The number of hydrogen-bond donors (Lipinski definition) is 2. The Morgan fingerprint density at radius 1 is 1.32 bits per heavy atom. The first-order valence-electron chi connectivity index (χ1n) is 7.57. The fourth-order valence-corrected chi connectivity index (χ4v) is 3.16. The van der Waals surface area contributed by atoms with Crippen LogP contribution < -0.4 is 5.32 Å². The Bertz CT molecular complexity index is 836. The lowest BCUT2D eigenvalue weighted by Crippen LogP contribution is -2.27. The second-order valence-corrected chi connectivity index (χ2v) is 6.02.